The molecule has 0 spiro atoms. The first-order valence-corrected chi connectivity index (χ1v) is 4.17. The van der Waals surface area contributed by atoms with Gasteiger partial charge in [0.05, 0.1) is 0 Å². The number of rotatable bonds is 0. The summed E-state index contributed by atoms with van der Waals surface area (Å²) in [5, 5.41) is 12.0. The topological polar surface area (TPSA) is 29.5 Å². The smallest absolute Gasteiger partial charge is 0.0126 e. The number of hydrogen-bond acceptors (Lipinski definition) is 3. The van der Waals surface area contributed by atoms with E-state index in [1.54, 1.807) is 0 Å². The normalized spacial score (nSPS) is 24.0. The summed E-state index contributed by atoms with van der Waals surface area (Å²) in [7, 11) is 0. The molecular weight excluding hydrogens is 140 g/mol. The van der Waals surface area contributed by atoms with E-state index in [1.807, 2.05) is 0 Å². The monoisotopic (exact) mass is 157 g/mol. The van der Waals surface area contributed by atoms with E-state index in [4.69, 9.17) is 0 Å². The molecule has 0 aromatic heterocycles. The molecule has 0 unspecified atom stereocenters. The van der Waals surface area contributed by atoms with E-state index in [0.717, 1.165) is 18.2 Å². The van der Waals surface area contributed by atoms with Crippen LogP contribution in [0.3, 0.4) is 0 Å². The SMILES string of the molecule is CC(C)(C)N1CCN([O-])CC1. The third-order valence-corrected chi connectivity index (χ3v) is 2.19. The van der Waals surface area contributed by atoms with E-state index in [0.29, 0.717) is 13.1 Å². The molecule has 0 aromatic carbocycles. The second kappa shape index (κ2) is 3.09. The van der Waals surface area contributed by atoms with Gasteiger partial charge in [0.25, 0.3) is 0 Å². The van der Waals surface area contributed by atoms with Gasteiger partial charge in [-0.1, -0.05) is 0 Å². The summed E-state index contributed by atoms with van der Waals surface area (Å²) in [6.07, 6.45) is 0. The van der Waals surface area contributed by atoms with Crippen LogP contribution < -0.4 is 0 Å². The van der Waals surface area contributed by atoms with E-state index in [2.05, 4.69) is 25.7 Å². The Morgan fingerprint density at radius 2 is 1.45 bits per heavy atom. The Kier molecular flexibility index (Phi) is 2.52. The summed E-state index contributed by atoms with van der Waals surface area (Å²) in [6.45, 7) is 9.71. The van der Waals surface area contributed by atoms with Crippen LogP contribution in [0, 0.1) is 5.21 Å². The van der Waals surface area contributed by atoms with E-state index >= 15 is 0 Å². The second-order valence-corrected chi connectivity index (χ2v) is 4.09. The van der Waals surface area contributed by atoms with Crippen LogP contribution in [0.5, 0.6) is 0 Å². The lowest BCUT2D eigenvalue weighted by molar-refractivity contribution is 0.0814. The minimum Gasteiger partial charge on any atom is -0.785 e. The minimum absolute atomic E-state index is 0.223. The van der Waals surface area contributed by atoms with Crippen LogP contribution in [0.25, 0.3) is 0 Å². The van der Waals surface area contributed by atoms with Crippen molar-refractivity contribution in [2.24, 2.45) is 0 Å². The van der Waals surface area contributed by atoms with Gasteiger partial charge >= 0.3 is 0 Å². The van der Waals surface area contributed by atoms with Crippen molar-refractivity contribution in [3.63, 3.8) is 0 Å². The molecule has 0 bridgehead atoms. The van der Waals surface area contributed by atoms with Gasteiger partial charge in [-0.15, -0.1) is 0 Å². The standard InChI is InChI=1S/C8H17N2O/c1-8(2,3)9-4-6-10(11)7-5-9/h4-7H2,1-3H3/q-1. The van der Waals surface area contributed by atoms with E-state index in [1.165, 1.54) is 0 Å². The van der Waals surface area contributed by atoms with Crippen molar-refractivity contribution in [2.75, 3.05) is 26.2 Å². The van der Waals surface area contributed by atoms with Crippen LogP contribution in [0.2, 0.25) is 0 Å². The van der Waals surface area contributed by atoms with E-state index in [-0.39, 0.29) is 5.54 Å². The Labute approximate surface area is 68.6 Å². The molecule has 1 fully saturated rings. The number of piperazine rings is 1. The molecule has 3 nitrogen and oxygen atoms in total. The molecule has 1 aliphatic rings. The molecule has 0 N–H and O–H groups in total. The van der Waals surface area contributed by atoms with Crippen LogP contribution in [-0.2, 0) is 0 Å². The average molecular weight is 157 g/mol. The molecule has 0 aliphatic carbocycles. The summed E-state index contributed by atoms with van der Waals surface area (Å²) in [5.41, 5.74) is 0.223. The van der Waals surface area contributed by atoms with Crippen molar-refractivity contribution in [1.82, 2.24) is 9.96 Å². The predicted molar refractivity (Wildman–Crippen MR) is 46.3 cm³/mol. The van der Waals surface area contributed by atoms with Crippen LogP contribution in [0.1, 0.15) is 20.8 Å². The fourth-order valence-electron chi connectivity index (χ4n) is 1.36. The van der Waals surface area contributed by atoms with Gasteiger partial charge < -0.3 is 10.3 Å². The summed E-state index contributed by atoms with van der Waals surface area (Å²) in [6, 6.07) is 0. The Morgan fingerprint density at radius 3 is 1.82 bits per heavy atom. The Morgan fingerprint density at radius 1 is 1.00 bits per heavy atom. The van der Waals surface area contributed by atoms with E-state index in [9.17, 15) is 5.21 Å². The van der Waals surface area contributed by atoms with Crippen LogP contribution in [-0.4, -0.2) is 41.7 Å². The molecule has 0 aromatic rings. The summed E-state index contributed by atoms with van der Waals surface area (Å²) in [4.78, 5) is 2.35. The minimum atomic E-state index is 0.223. The zero-order valence-electron chi connectivity index (χ0n) is 7.63. The number of hydrogen-bond donors (Lipinski definition) is 0. The summed E-state index contributed by atoms with van der Waals surface area (Å²) >= 11 is 0. The molecule has 3 heteroatoms. The average Bonchev–Trinajstić information content (AvgIpc) is 1.86. The van der Waals surface area contributed by atoms with Crippen LogP contribution >= 0.6 is 0 Å². The first kappa shape index (κ1) is 8.97. The molecule has 0 atom stereocenters. The molecule has 1 saturated heterocycles. The lowest BCUT2D eigenvalue weighted by Crippen LogP contribution is -2.51. The number of hydroxylamine groups is 2. The van der Waals surface area contributed by atoms with Crippen molar-refractivity contribution in [2.45, 2.75) is 26.3 Å². The van der Waals surface area contributed by atoms with Gasteiger partial charge in [0, 0.05) is 18.6 Å². The van der Waals surface area contributed by atoms with Gasteiger partial charge in [0.1, 0.15) is 0 Å². The molecule has 66 valence electrons. The maximum absolute atomic E-state index is 10.8. The lowest BCUT2D eigenvalue weighted by atomic mass is 10.1. The summed E-state index contributed by atoms with van der Waals surface area (Å²) in [5.74, 6) is 0. The molecule has 0 saturated carbocycles. The zero-order valence-corrected chi connectivity index (χ0v) is 7.63. The van der Waals surface area contributed by atoms with Crippen molar-refractivity contribution >= 4 is 0 Å². The van der Waals surface area contributed by atoms with Crippen molar-refractivity contribution in [3.8, 4) is 0 Å². The highest BCUT2D eigenvalue weighted by Crippen LogP contribution is 2.14. The molecule has 1 rings (SSSR count). The molecule has 0 radical (unpaired) electrons. The molecule has 11 heavy (non-hydrogen) atoms. The first-order valence-electron chi connectivity index (χ1n) is 4.17. The Balaban J connectivity index is 2.39. The maximum Gasteiger partial charge on any atom is 0.0126 e. The van der Waals surface area contributed by atoms with Crippen molar-refractivity contribution in [3.05, 3.63) is 5.21 Å². The molecule has 1 heterocycles. The lowest BCUT2D eigenvalue weighted by Gasteiger charge is -2.44. The largest absolute Gasteiger partial charge is 0.785 e. The third-order valence-electron chi connectivity index (χ3n) is 2.19. The maximum atomic E-state index is 10.8. The van der Waals surface area contributed by atoms with Gasteiger partial charge in [-0.2, -0.15) is 0 Å². The van der Waals surface area contributed by atoms with Gasteiger partial charge in [0.2, 0.25) is 0 Å². The van der Waals surface area contributed by atoms with Gasteiger partial charge in [-0.05, 0) is 33.9 Å². The Bertz CT molecular complexity index is 123. The van der Waals surface area contributed by atoms with Crippen molar-refractivity contribution in [1.29, 1.82) is 0 Å². The van der Waals surface area contributed by atoms with Crippen LogP contribution in [0.15, 0.2) is 0 Å². The highest BCUT2D eigenvalue weighted by atomic mass is 16.5. The van der Waals surface area contributed by atoms with Gasteiger partial charge in [-0.3, -0.25) is 4.90 Å². The van der Waals surface area contributed by atoms with Crippen LogP contribution in [0.4, 0.5) is 0 Å². The molecule has 1 aliphatic heterocycles. The number of nitrogens with zero attached hydrogens (tertiary/aromatic N) is 2. The molecule has 0 amide bonds. The molecular formula is C8H17N2O-. The second-order valence-electron chi connectivity index (χ2n) is 4.09. The quantitative estimate of drug-likeness (QED) is 0.523. The fraction of sp³-hybridized carbons (Fsp3) is 1.00. The van der Waals surface area contributed by atoms with Crippen molar-refractivity contribution < 1.29 is 0 Å². The van der Waals surface area contributed by atoms with Gasteiger partial charge in [0.15, 0.2) is 0 Å². The predicted octanol–water partition coefficient (Wildman–Crippen LogP) is 0.900. The van der Waals surface area contributed by atoms with Gasteiger partial charge in [-0.25, -0.2) is 0 Å². The highest BCUT2D eigenvalue weighted by Gasteiger charge is 2.22. The highest BCUT2D eigenvalue weighted by molar-refractivity contribution is 4.81. The fourth-order valence-corrected chi connectivity index (χ4v) is 1.36. The first-order chi connectivity index (χ1) is 5.00. The Hall–Kier alpha value is -0.120. The summed E-state index contributed by atoms with van der Waals surface area (Å²) < 4.78 is 0. The van der Waals surface area contributed by atoms with E-state index < -0.39 is 0 Å². The third kappa shape index (κ3) is 2.43. The zero-order chi connectivity index (χ0) is 8.48.